The van der Waals surface area contributed by atoms with E-state index in [1.807, 2.05) is 0 Å². The van der Waals surface area contributed by atoms with E-state index in [0.717, 1.165) is 6.07 Å². The number of carboxylic acids is 1. The maximum atomic E-state index is 13.6. The molecule has 1 amide bonds. The van der Waals surface area contributed by atoms with Crippen LogP contribution in [0.15, 0.2) is 53.3 Å². The summed E-state index contributed by atoms with van der Waals surface area (Å²) < 4.78 is 89.2. The average molecular weight is 815 g/mol. The number of amides is 1. The molecular formula is C38H49F3N2O14. The largest absolute Gasteiger partial charge is 0.479 e. The quantitative estimate of drug-likeness (QED) is 0.0863. The molecule has 3 aromatic rings. The summed E-state index contributed by atoms with van der Waals surface area (Å²) in [6.45, 7) is 5.04. The third-order valence-electron chi connectivity index (χ3n) is 8.30. The van der Waals surface area contributed by atoms with Gasteiger partial charge in [0.05, 0.1) is 118 Å². The van der Waals surface area contributed by atoms with Crippen LogP contribution in [0.1, 0.15) is 12.0 Å². The normalized spacial score (nSPS) is 15.1. The van der Waals surface area contributed by atoms with Crippen molar-refractivity contribution in [1.29, 1.82) is 0 Å². The number of carbonyl (C=O) groups is 2. The number of aliphatic carboxylic acids is 1. The van der Waals surface area contributed by atoms with Crippen LogP contribution in [0.5, 0.6) is 0 Å². The number of aliphatic hydroxyl groups excluding tert-OH is 1. The number of anilines is 1. The van der Waals surface area contributed by atoms with Gasteiger partial charge in [-0.15, -0.1) is 0 Å². The number of aliphatic hydroxyl groups is 1. The summed E-state index contributed by atoms with van der Waals surface area (Å²) in [5, 5.41) is 18.8. The second kappa shape index (κ2) is 24.6. The van der Waals surface area contributed by atoms with E-state index in [1.165, 1.54) is 47.4 Å². The number of fused-ring (bicyclic) bond motifs is 1. The number of alkyl halides is 3. The van der Waals surface area contributed by atoms with Gasteiger partial charge in [0.2, 0.25) is 0 Å². The molecule has 4 rings (SSSR count). The molecule has 16 nitrogen and oxygen atoms in total. The smallest absolute Gasteiger partial charge is 0.417 e. The van der Waals surface area contributed by atoms with Gasteiger partial charge in [0.25, 0.3) is 5.56 Å². The predicted octanol–water partition coefficient (Wildman–Crippen LogP) is 3.51. The molecule has 0 radical (unpaired) electrons. The molecule has 2 heterocycles. The highest BCUT2D eigenvalue weighted by Gasteiger charge is 2.36. The van der Waals surface area contributed by atoms with Crippen LogP contribution in [0.2, 0.25) is 0 Å². The van der Waals surface area contributed by atoms with Crippen molar-refractivity contribution >= 4 is 28.5 Å². The number of carboxylic acid groups (broad SMARTS) is 1. The summed E-state index contributed by atoms with van der Waals surface area (Å²) in [7, 11) is 0. The number of halogens is 3. The molecule has 1 saturated heterocycles. The van der Waals surface area contributed by atoms with Crippen molar-refractivity contribution in [3.63, 3.8) is 0 Å². The molecule has 19 heteroatoms. The van der Waals surface area contributed by atoms with Crippen LogP contribution < -0.4 is 10.5 Å². The van der Waals surface area contributed by atoms with Crippen LogP contribution in [-0.2, 0) is 53.6 Å². The molecule has 1 unspecified atom stereocenters. The zero-order valence-electron chi connectivity index (χ0n) is 31.4. The number of ether oxygens (including phenoxy) is 9. The topological polar surface area (TPSA) is 194 Å². The lowest BCUT2D eigenvalue weighted by atomic mass is 10.0. The fourth-order valence-corrected chi connectivity index (χ4v) is 5.60. The van der Waals surface area contributed by atoms with Gasteiger partial charge >= 0.3 is 18.2 Å². The van der Waals surface area contributed by atoms with Crippen molar-refractivity contribution in [2.45, 2.75) is 24.8 Å². The summed E-state index contributed by atoms with van der Waals surface area (Å²) in [4.78, 5) is 41.4. The Kier molecular flexibility index (Phi) is 19.6. The number of hydrogen-bond donors (Lipinski definition) is 3. The van der Waals surface area contributed by atoms with Crippen molar-refractivity contribution in [3.05, 3.63) is 64.4 Å². The van der Waals surface area contributed by atoms with Crippen molar-refractivity contribution in [2.75, 3.05) is 117 Å². The van der Waals surface area contributed by atoms with Gasteiger partial charge in [0, 0.05) is 28.8 Å². The van der Waals surface area contributed by atoms with E-state index in [0.29, 0.717) is 90.4 Å². The monoisotopic (exact) mass is 814 g/mol. The van der Waals surface area contributed by atoms with E-state index in [-0.39, 0.29) is 56.0 Å². The van der Waals surface area contributed by atoms with Crippen molar-refractivity contribution in [2.24, 2.45) is 0 Å². The minimum absolute atomic E-state index is 0.0100. The van der Waals surface area contributed by atoms with Crippen LogP contribution in [0.25, 0.3) is 22.0 Å². The molecule has 0 saturated carbocycles. The van der Waals surface area contributed by atoms with Gasteiger partial charge in [-0.2, -0.15) is 13.2 Å². The first-order valence-electron chi connectivity index (χ1n) is 18.4. The average Bonchev–Trinajstić information content (AvgIpc) is 3.56. The van der Waals surface area contributed by atoms with Gasteiger partial charge in [0.15, 0.2) is 6.10 Å². The second-order valence-corrected chi connectivity index (χ2v) is 12.4. The molecule has 57 heavy (non-hydrogen) atoms. The van der Waals surface area contributed by atoms with Gasteiger partial charge < -0.3 is 57.8 Å². The third kappa shape index (κ3) is 15.6. The van der Waals surface area contributed by atoms with Crippen molar-refractivity contribution in [1.82, 2.24) is 4.98 Å². The standard InChI is InChI=1S/C38H49F3N2O14/c39-38(40,41)32-4-2-1-3-30(32)33-23-27-5-6-28(24-31(27)35(45)42-33)43-26-29(57-37(43)48)25-34(36(46)47)56-22-21-55-20-19-54-18-17-53-16-15-52-14-13-51-12-11-50-10-9-49-8-7-44/h1-6,23-24,29,34,44H,7-22,25-26H2,(H,42,45)(H,46,47)/t29-,34?/m0/s1. The van der Waals surface area contributed by atoms with Crippen LogP contribution in [-0.4, -0.2) is 152 Å². The lowest BCUT2D eigenvalue weighted by molar-refractivity contribution is -0.153. The second-order valence-electron chi connectivity index (χ2n) is 12.4. The Morgan fingerprint density at radius 3 is 1.82 bits per heavy atom. The number of carbonyl (C=O) groups excluding carboxylic acids is 1. The Labute approximate surface area is 326 Å². The summed E-state index contributed by atoms with van der Waals surface area (Å²) in [6.07, 6.45) is -7.65. The molecule has 1 aliphatic rings. The Bertz CT molecular complexity index is 1730. The van der Waals surface area contributed by atoms with Gasteiger partial charge in [0.1, 0.15) is 6.10 Å². The maximum absolute atomic E-state index is 13.6. The molecule has 0 bridgehead atoms. The number of cyclic esters (lactones) is 1. The van der Waals surface area contributed by atoms with Gasteiger partial charge in [-0.05, 0) is 29.7 Å². The number of rotatable bonds is 29. The fraction of sp³-hybridized carbons (Fsp3) is 0.553. The number of aromatic amines is 1. The summed E-state index contributed by atoms with van der Waals surface area (Å²) in [5.74, 6) is -1.24. The molecule has 2 atom stereocenters. The fourth-order valence-electron chi connectivity index (χ4n) is 5.60. The number of benzene rings is 2. The van der Waals surface area contributed by atoms with E-state index < -0.39 is 41.6 Å². The molecule has 316 valence electrons. The number of aromatic nitrogens is 1. The molecule has 1 aromatic heterocycles. The van der Waals surface area contributed by atoms with E-state index in [1.54, 1.807) is 0 Å². The number of H-pyrrole nitrogens is 1. The zero-order valence-corrected chi connectivity index (χ0v) is 31.4. The Morgan fingerprint density at radius 2 is 1.30 bits per heavy atom. The first kappa shape index (κ1) is 45.5. The van der Waals surface area contributed by atoms with Crippen LogP contribution in [0.4, 0.5) is 23.7 Å². The first-order valence-corrected chi connectivity index (χ1v) is 18.4. The number of nitrogens with zero attached hydrogens (tertiary/aromatic N) is 1. The Morgan fingerprint density at radius 1 is 0.772 bits per heavy atom. The lowest BCUT2D eigenvalue weighted by Gasteiger charge is -2.17. The number of hydrogen-bond acceptors (Lipinski definition) is 13. The molecule has 1 fully saturated rings. The highest BCUT2D eigenvalue weighted by atomic mass is 19.4. The molecule has 3 N–H and O–H groups in total. The van der Waals surface area contributed by atoms with Crippen LogP contribution >= 0.6 is 0 Å². The minimum atomic E-state index is -4.63. The summed E-state index contributed by atoms with van der Waals surface area (Å²) in [6, 6.07) is 10.8. The van der Waals surface area contributed by atoms with Crippen LogP contribution in [0.3, 0.4) is 0 Å². The van der Waals surface area contributed by atoms with Crippen molar-refractivity contribution in [3.8, 4) is 11.3 Å². The van der Waals surface area contributed by atoms with Gasteiger partial charge in [-0.25, -0.2) is 9.59 Å². The zero-order chi connectivity index (χ0) is 40.9. The summed E-state index contributed by atoms with van der Waals surface area (Å²) >= 11 is 0. The van der Waals surface area contributed by atoms with Gasteiger partial charge in [-0.3, -0.25) is 9.69 Å². The minimum Gasteiger partial charge on any atom is -0.479 e. The molecular weight excluding hydrogens is 765 g/mol. The third-order valence-corrected chi connectivity index (χ3v) is 8.30. The molecule has 0 aliphatic carbocycles. The highest BCUT2D eigenvalue weighted by molar-refractivity contribution is 5.95. The van der Waals surface area contributed by atoms with E-state index in [2.05, 4.69) is 4.98 Å². The van der Waals surface area contributed by atoms with E-state index >= 15 is 0 Å². The first-order chi connectivity index (χ1) is 27.6. The Balaban J connectivity index is 1.06. The molecule has 2 aromatic carbocycles. The maximum Gasteiger partial charge on any atom is 0.417 e. The number of pyridine rings is 1. The predicted molar refractivity (Wildman–Crippen MR) is 197 cm³/mol. The lowest BCUT2D eigenvalue weighted by Crippen LogP contribution is -2.32. The number of nitrogens with one attached hydrogen (secondary N) is 1. The highest BCUT2D eigenvalue weighted by Crippen LogP contribution is 2.37. The van der Waals surface area contributed by atoms with Crippen molar-refractivity contribution < 1.29 is 75.6 Å². The van der Waals surface area contributed by atoms with Crippen LogP contribution in [0, 0.1) is 0 Å². The Hall–Kier alpha value is -4.18. The van der Waals surface area contributed by atoms with Gasteiger partial charge in [-0.1, -0.05) is 24.3 Å². The summed E-state index contributed by atoms with van der Waals surface area (Å²) in [5.41, 5.74) is -1.44. The molecule has 0 spiro atoms. The van der Waals surface area contributed by atoms with E-state index in [4.69, 9.17) is 47.7 Å². The molecule has 1 aliphatic heterocycles. The SMILES string of the molecule is O=C(O)C(C[C@H]1CN(c2ccc3cc(-c4ccccc4C(F)(F)F)[nH]c(=O)c3c2)C(=O)O1)OCCOCCOCCOCCOCCOCCOCCOCCO. The van der Waals surface area contributed by atoms with E-state index in [9.17, 15) is 32.7 Å².